The van der Waals surface area contributed by atoms with E-state index in [1.165, 1.54) is 0 Å². The van der Waals surface area contributed by atoms with Crippen molar-refractivity contribution in [1.29, 1.82) is 0 Å². The number of aryl methyl sites for hydroxylation is 1. The van der Waals surface area contributed by atoms with E-state index in [0.717, 1.165) is 39.3 Å². The van der Waals surface area contributed by atoms with Crippen LogP contribution in [0.3, 0.4) is 0 Å². The molecule has 6 rings (SSSR count). The second kappa shape index (κ2) is 10.3. The van der Waals surface area contributed by atoms with Crippen LogP contribution in [0.4, 0.5) is 22.7 Å². The summed E-state index contributed by atoms with van der Waals surface area (Å²) in [7, 11) is 0. The monoisotopic (exact) mass is 510 g/mol. The molecule has 1 aliphatic heterocycles. The summed E-state index contributed by atoms with van der Waals surface area (Å²) in [5.74, 6) is -0.315. The average molecular weight is 511 g/mol. The van der Waals surface area contributed by atoms with Crippen LogP contribution >= 0.6 is 0 Å². The molecule has 4 aromatic carbocycles. The van der Waals surface area contributed by atoms with Crippen molar-refractivity contribution in [2.45, 2.75) is 13.5 Å². The predicted octanol–water partition coefficient (Wildman–Crippen LogP) is 7.21. The molecule has 0 saturated heterocycles. The number of amides is 2. The van der Waals surface area contributed by atoms with Crippen molar-refractivity contribution in [3.8, 4) is 11.1 Å². The van der Waals surface area contributed by atoms with E-state index >= 15 is 0 Å². The summed E-state index contributed by atoms with van der Waals surface area (Å²) in [6.45, 7) is 2.34. The SMILES string of the molecule is Cc1cc(NC(=O)c2ccccc2-c2ccncc2)ccc1C(=O)N1Cc2ccccc2Nc2ccccc21. The van der Waals surface area contributed by atoms with Crippen LogP contribution in [-0.2, 0) is 6.54 Å². The molecule has 6 heteroatoms. The Labute approximate surface area is 227 Å². The van der Waals surface area contributed by atoms with Crippen LogP contribution in [0, 0.1) is 6.92 Å². The number of anilines is 4. The van der Waals surface area contributed by atoms with Crippen LogP contribution in [0.1, 0.15) is 31.8 Å². The van der Waals surface area contributed by atoms with E-state index in [2.05, 4.69) is 15.6 Å². The number of para-hydroxylation sites is 3. The maximum Gasteiger partial charge on any atom is 0.258 e. The zero-order chi connectivity index (χ0) is 26.8. The summed E-state index contributed by atoms with van der Waals surface area (Å²) in [6.07, 6.45) is 3.42. The highest BCUT2D eigenvalue weighted by atomic mass is 16.2. The highest BCUT2D eigenvalue weighted by molar-refractivity contribution is 6.11. The van der Waals surface area contributed by atoms with Crippen LogP contribution in [0.5, 0.6) is 0 Å². The van der Waals surface area contributed by atoms with Gasteiger partial charge in [0, 0.05) is 34.9 Å². The van der Waals surface area contributed by atoms with Gasteiger partial charge < -0.3 is 15.5 Å². The van der Waals surface area contributed by atoms with Crippen molar-refractivity contribution >= 4 is 34.6 Å². The molecule has 1 aliphatic rings. The van der Waals surface area contributed by atoms with E-state index in [9.17, 15) is 9.59 Å². The van der Waals surface area contributed by atoms with Gasteiger partial charge in [0.15, 0.2) is 0 Å². The van der Waals surface area contributed by atoms with Crippen molar-refractivity contribution < 1.29 is 9.59 Å². The number of nitrogens with zero attached hydrogens (tertiary/aromatic N) is 2. The molecule has 0 fully saturated rings. The third-order valence-electron chi connectivity index (χ3n) is 6.93. The lowest BCUT2D eigenvalue weighted by Gasteiger charge is -2.24. The summed E-state index contributed by atoms with van der Waals surface area (Å²) in [5, 5.41) is 6.48. The Morgan fingerprint density at radius 3 is 2.33 bits per heavy atom. The molecule has 0 aliphatic carbocycles. The first-order valence-corrected chi connectivity index (χ1v) is 12.8. The highest BCUT2D eigenvalue weighted by Gasteiger charge is 2.26. The van der Waals surface area contributed by atoms with Crippen molar-refractivity contribution in [3.63, 3.8) is 0 Å². The molecule has 2 N–H and O–H groups in total. The lowest BCUT2D eigenvalue weighted by Crippen LogP contribution is -2.30. The smallest absolute Gasteiger partial charge is 0.258 e. The summed E-state index contributed by atoms with van der Waals surface area (Å²) in [6, 6.07) is 32.5. The molecule has 5 aromatic rings. The molecule has 0 spiro atoms. The number of nitrogens with one attached hydrogen (secondary N) is 2. The first-order valence-electron chi connectivity index (χ1n) is 12.8. The molecule has 1 aromatic heterocycles. The van der Waals surface area contributed by atoms with Crippen molar-refractivity contribution in [3.05, 3.63) is 138 Å². The van der Waals surface area contributed by atoms with E-state index in [1.54, 1.807) is 35.5 Å². The molecule has 2 heterocycles. The maximum absolute atomic E-state index is 13.9. The summed E-state index contributed by atoms with van der Waals surface area (Å²) >= 11 is 0. The lowest BCUT2D eigenvalue weighted by atomic mass is 10.00. The van der Waals surface area contributed by atoms with Gasteiger partial charge in [-0.3, -0.25) is 14.6 Å². The molecule has 0 atom stereocenters. The zero-order valence-electron chi connectivity index (χ0n) is 21.4. The fraction of sp³-hybridized carbons (Fsp3) is 0.0606. The Hall–Kier alpha value is -5.23. The van der Waals surface area contributed by atoms with Crippen LogP contribution in [0.25, 0.3) is 11.1 Å². The summed E-state index contributed by atoms with van der Waals surface area (Å²) < 4.78 is 0. The number of benzene rings is 4. The lowest BCUT2D eigenvalue weighted by molar-refractivity contribution is 0.0983. The number of carbonyl (C=O) groups is 2. The van der Waals surface area contributed by atoms with E-state index in [0.29, 0.717) is 23.4 Å². The van der Waals surface area contributed by atoms with Gasteiger partial charge in [-0.1, -0.05) is 48.5 Å². The minimum Gasteiger partial charge on any atom is -0.354 e. The highest BCUT2D eigenvalue weighted by Crippen LogP contribution is 2.36. The topological polar surface area (TPSA) is 74.3 Å². The van der Waals surface area contributed by atoms with Gasteiger partial charge in [0.25, 0.3) is 11.8 Å². The maximum atomic E-state index is 13.9. The van der Waals surface area contributed by atoms with E-state index in [1.807, 2.05) is 91.9 Å². The average Bonchev–Trinajstić information content (AvgIpc) is 3.14. The van der Waals surface area contributed by atoms with Crippen LogP contribution < -0.4 is 15.5 Å². The Bertz CT molecular complexity index is 1700. The molecule has 2 amide bonds. The second-order valence-corrected chi connectivity index (χ2v) is 9.46. The third kappa shape index (κ3) is 4.76. The van der Waals surface area contributed by atoms with Gasteiger partial charge in [0.2, 0.25) is 0 Å². The van der Waals surface area contributed by atoms with Crippen LogP contribution in [0.15, 0.2) is 116 Å². The quantitative estimate of drug-likeness (QED) is 0.268. The fourth-order valence-corrected chi connectivity index (χ4v) is 4.97. The number of hydrogen-bond donors (Lipinski definition) is 2. The van der Waals surface area contributed by atoms with E-state index < -0.39 is 0 Å². The number of aromatic nitrogens is 1. The number of carbonyl (C=O) groups excluding carboxylic acids is 2. The Kier molecular flexibility index (Phi) is 6.35. The number of hydrogen-bond acceptors (Lipinski definition) is 4. The third-order valence-corrected chi connectivity index (χ3v) is 6.93. The second-order valence-electron chi connectivity index (χ2n) is 9.46. The fourth-order valence-electron chi connectivity index (χ4n) is 4.97. The Morgan fingerprint density at radius 1 is 0.795 bits per heavy atom. The molecular weight excluding hydrogens is 484 g/mol. The minimum atomic E-state index is -0.218. The van der Waals surface area contributed by atoms with Gasteiger partial charge >= 0.3 is 0 Å². The molecular formula is C33H26N4O2. The molecule has 0 saturated carbocycles. The molecule has 0 radical (unpaired) electrons. The number of pyridine rings is 1. The van der Waals surface area contributed by atoms with E-state index in [4.69, 9.17) is 0 Å². The summed E-state index contributed by atoms with van der Waals surface area (Å²) in [4.78, 5) is 33.1. The molecule has 0 unspecified atom stereocenters. The number of rotatable bonds is 4. The van der Waals surface area contributed by atoms with Gasteiger partial charge in [-0.25, -0.2) is 0 Å². The van der Waals surface area contributed by atoms with Gasteiger partial charge in [-0.05, 0) is 83.8 Å². The van der Waals surface area contributed by atoms with Gasteiger partial charge in [-0.15, -0.1) is 0 Å². The minimum absolute atomic E-state index is 0.0978. The Balaban J connectivity index is 1.28. The first kappa shape index (κ1) is 24.1. The molecule has 0 bridgehead atoms. The predicted molar refractivity (Wildman–Crippen MR) is 155 cm³/mol. The van der Waals surface area contributed by atoms with Crippen LogP contribution in [-0.4, -0.2) is 16.8 Å². The van der Waals surface area contributed by atoms with Gasteiger partial charge in [0.1, 0.15) is 0 Å². The molecule has 190 valence electrons. The first-order chi connectivity index (χ1) is 19.1. The normalized spacial score (nSPS) is 12.0. The van der Waals surface area contributed by atoms with Crippen molar-refractivity contribution in [2.24, 2.45) is 0 Å². The van der Waals surface area contributed by atoms with Gasteiger partial charge in [-0.2, -0.15) is 0 Å². The summed E-state index contributed by atoms with van der Waals surface area (Å²) in [5.41, 5.74) is 8.03. The van der Waals surface area contributed by atoms with Crippen molar-refractivity contribution in [2.75, 3.05) is 15.5 Å². The zero-order valence-corrected chi connectivity index (χ0v) is 21.4. The Morgan fingerprint density at radius 2 is 1.51 bits per heavy atom. The molecule has 39 heavy (non-hydrogen) atoms. The number of fused-ring (bicyclic) bond motifs is 2. The molecule has 6 nitrogen and oxygen atoms in total. The largest absolute Gasteiger partial charge is 0.354 e. The standard InChI is InChI=1S/C33H26N4O2/c1-22-20-25(35-32(38)28-10-4-3-9-27(28)23-16-18-34-19-17-23)14-15-26(22)33(39)37-21-24-8-2-5-11-29(24)36-30-12-6-7-13-31(30)37/h2-20,36H,21H2,1H3,(H,35,38). The van der Waals surface area contributed by atoms with Gasteiger partial charge in [0.05, 0.1) is 17.9 Å². The van der Waals surface area contributed by atoms with E-state index in [-0.39, 0.29) is 11.8 Å². The van der Waals surface area contributed by atoms with Crippen molar-refractivity contribution in [1.82, 2.24) is 4.98 Å². The van der Waals surface area contributed by atoms with Crippen LogP contribution in [0.2, 0.25) is 0 Å².